The van der Waals surface area contributed by atoms with Crippen molar-refractivity contribution in [2.75, 3.05) is 11.7 Å². The molecule has 0 spiro atoms. The number of amides is 1. The first kappa shape index (κ1) is 15.7. The summed E-state index contributed by atoms with van der Waals surface area (Å²) in [6, 6.07) is 10.2. The molecule has 5 heteroatoms. The number of halogens is 1. The van der Waals surface area contributed by atoms with Crippen LogP contribution in [0.3, 0.4) is 0 Å². The molecule has 0 bridgehead atoms. The molecule has 0 radical (unpaired) electrons. The largest absolute Gasteiger partial charge is 0.454 e. The maximum atomic E-state index is 13.5. The molecule has 2 aromatic rings. The number of carbonyl (C=O) groups excluding carboxylic acids is 1. The summed E-state index contributed by atoms with van der Waals surface area (Å²) in [6.07, 6.45) is 4.91. The normalized spacial score (nSPS) is 18.5. The van der Waals surface area contributed by atoms with Gasteiger partial charge in [0.05, 0.1) is 0 Å². The Bertz CT molecular complexity index is 862. The molecular weight excluding hydrogens is 321 g/mol. The van der Waals surface area contributed by atoms with Crippen LogP contribution in [0.25, 0.3) is 6.08 Å². The second-order valence-corrected chi connectivity index (χ2v) is 6.32. The van der Waals surface area contributed by atoms with E-state index in [-0.39, 0.29) is 24.6 Å². The van der Waals surface area contributed by atoms with Crippen LogP contribution in [0.5, 0.6) is 11.5 Å². The maximum Gasteiger partial charge on any atom is 0.251 e. The quantitative estimate of drug-likeness (QED) is 0.778. The van der Waals surface area contributed by atoms with E-state index in [1.54, 1.807) is 23.1 Å². The molecule has 0 unspecified atom stereocenters. The van der Waals surface area contributed by atoms with Gasteiger partial charge in [0.25, 0.3) is 5.91 Å². The molecule has 0 N–H and O–H groups in total. The molecule has 0 saturated carbocycles. The van der Waals surface area contributed by atoms with Gasteiger partial charge in [-0.3, -0.25) is 4.79 Å². The minimum atomic E-state index is -0.267. The highest BCUT2D eigenvalue weighted by Crippen LogP contribution is 2.33. The maximum absolute atomic E-state index is 13.5. The molecule has 1 amide bonds. The van der Waals surface area contributed by atoms with Crippen molar-refractivity contribution in [2.24, 2.45) is 0 Å². The Balaban J connectivity index is 1.58. The summed E-state index contributed by atoms with van der Waals surface area (Å²) in [5, 5.41) is 0. The van der Waals surface area contributed by atoms with Crippen LogP contribution in [0.15, 0.2) is 42.5 Å². The smallest absolute Gasteiger partial charge is 0.251 e. The summed E-state index contributed by atoms with van der Waals surface area (Å²) in [5.74, 6) is 1.01. The van der Waals surface area contributed by atoms with Crippen LogP contribution >= 0.6 is 0 Å². The lowest BCUT2D eigenvalue weighted by Crippen LogP contribution is -2.41. The van der Waals surface area contributed by atoms with Crippen molar-refractivity contribution in [1.29, 1.82) is 0 Å². The number of aryl methyl sites for hydroxylation is 1. The molecular formula is C20H18FNO3. The van der Waals surface area contributed by atoms with Gasteiger partial charge >= 0.3 is 0 Å². The Morgan fingerprint density at radius 2 is 2.04 bits per heavy atom. The molecule has 128 valence electrons. The van der Waals surface area contributed by atoms with Gasteiger partial charge in [-0.25, -0.2) is 4.39 Å². The van der Waals surface area contributed by atoms with Crippen molar-refractivity contribution in [1.82, 2.24) is 0 Å². The van der Waals surface area contributed by atoms with Crippen LogP contribution in [-0.4, -0.2) is 18.7 Å². The molecule has 2 heterocycles. The number of hydrogen-bond acceptors (Lipinski definition) is 3. The monoisotopic (exact) mass is 339 g/mol. The summed E-state index contributed by atoms with van der Waals surface area (Å²) in [6.45, 7) is 2.23. The van der Waals surface area contributed by atoms with Crippen molar-refractivity contribution in [3.63, 3.8) is 0 Å². The average molecular weight is 339 g/mol. The van der Waals surface area contributed by atoms with E-state index in [1.165, 1.54) is 12.1 Å². The molecule has 4 rings (SSSR count). The Hall–Kier alpha value is -2.82. The number of hydrogen-bond donors (Lipinski definition) is 0. The van der Waals surface area contributed by atoms with Gasteiger partial charge in [0.1, 0.15) is 5.82 Å². The Morgan fingerprint density at radius 3 is 2.92 bits per heavy atom. The van der Waals surface area contributed by atoms with E-state index in [0.717, 1.165) is 29.7 Å². The van der Waals surface area contributed by atoms with Gasteiger partial charge in [-0.2, -0.15) is 0 Å². The van der Waals surface area contributed by atoms with Crippen molar-refractivity contribution in [3.05, 3.63) is 59.4 Å². The highest BCUT2D eigenvalue weighted by molar-refractivity contribution is 6.05. The Kier molecular flexibility index (Phi) is 3.92. The molecule has 4 nitrogen and oxygen atoms in total. The molecule has 0 aliphatic carbocycles. The molecule has 0 saturated heterocycles. The topological polar surface area (TPSA) is 38.8 Å². The van der Waals surface area contributed by atoms with Crippen molar-refractivity contribution >= 4 is 17.7 Å². The van der Waals surface area contributed by atoms with Crippen molar-refractivity contribution in [2.45, 2.75) is 25.8 Å². The van der Waals surface area contributed by atoms with Gasteiger partial charge in [0, 0.05) is 17.8 Å². The molecule has 2 aromatic carbocycles. The predicted octanol–water partition coefficient (Wildman–Crippen LogP) is 3.94. The van der Waals surface area contributed by atoms with E-state index >= 15 is 0 Å². The standard InChI is InChI=1S/C20H18FNO3/c1-13-2-5-15-11-16(21)6-7-17(15)22(13)20(23)9-4-14-3-8-18-19(10-14)25-12-24-18/h3-4,6-11,13H,2,5,12H2,1H3/b9-4+/t13-/m1/s1. The number of nitrogens with zero attached hydrogens (tertiary/aromatic N) is 1. The van der Waals surface area contributed by atoms with E-state index < -0.39 is 0 Å². The summed E-state index contributed by atoms with van der Waals surface area (Å²) >= 11 is 0. The van der Waals surface area contributed by atoms with Crippen LogP contribution in [0, 0.1) is 5.82 Å². The summed E-state index contributed by atoms with van der Waals surface area (Å²) in [4.78, 5) is 14.5. The van der Waals surface area contributed by atoms with E-state index in [0.29, 0.717) is 11.5 Å². The van der Waals surface area contributed by atoms with Crippen LogP contribution in [0.4, 0.5) is 10.1 Å². The van der Waals surface area contributed by atoms with Gasteiger partial charge < -0.3 is 14.4 Å². The predicted molar refractivity (Wildman–Crippen MR) is 93.3 cm³/mol. The summed E-state index contributed by atoms with van der Waals surface area (Å²) in [5.41, 5.74) is 2.53. The first-order valence-electron chi connectivity index (χ1n) is 8.31. The van der Waals surface area contributed by atoms with Crippen LogP contribution in [0.2, 0.25) is 0 Å². The highest BCUT2D eigenvalue weighted by Gasteiger charge is 2.27. The van der Waals surface area contributed by atoms with Crippen LogP contribution < -0.4 is 14.4 Å². The fourth-order valence-electron chi connectivity index (χ4n) is 3.32. The van der Waals surface area contributed by atoms with E-state index in [1.807, 2.05) is 25.1 Å². The van der Waals surface area contributed by atoms with Gasteiger partial charge in [-0.05, 0) is 67.3 Å². The molecule has 2 aliphatic rings. The van der Waals surface area contributed by atoms with Gasteiger partial charge in [0.15, 0.2) is 11.5 Å². The fraction of sp³-hybridized carbons (Fsp3) is 0.250. The molecule has 0 aromatic heterocycles. The van der Waals surface area contributed by atoms with Crippen molar-refractivity contribution in [3.8, 4) is 11.5 Å². The zero-order valence-corrected chi connectivity index (χ0v) is 13.9. The van der Waals surface area contributed by atoms with Crippen LogP contribution in [0.1, 0.15) is 24.5 Å². The van der Waals surface area contributed by atoms with Gasteiger partial charge in [-0.1, -0.05) is 6.07 Å². The highest BCUT2D eigenvalue weighted by atomic mass is 19.1. The number of benzene rings is 2. The Labute approximate surface area is 145 Å². The zero-order valence-electron chi connectivity index (χ0n) is 13.9. The molecule has 0 fully saturated rings. The summed E-state index contributed by atoms with van der Waals surface area (Å²) in [7, 11) is 0. The lowest BCUT2D eigenvalue weighted by molar-refractivity contribution is -0.114. The number of fused-ring (bicyclic) bond motifs is 2. The zero-order chi connectivity index (χ0) is 17.4. The second kappa shape index (κ2) is 6.24. The van der Waals surface area contributed by atoms with Crippen molar-refractivity contribution < 1.29 is 18.7 Å². The molecule has 25 heavy (non-hydrogen) atoms. The van der Waals surface area contributed by atoms with E-state index in [9.17, 15) is 9.18 Å². The summed E-state index contributed by atoms with van der Waals surface area (Å²) < 4.78 is 24.1. The first-order chi connectivity index (χ1) is 12.1. The number of carbonyl (C=O) groups is 1. The molecule has 2 aliphatic heterocycles. The third-order valence-corrected chi connectivity index (χ3v) is 4.63. The Morgan fingerprint density at radius 1 is 1.20 bits per heavy atom. The third kappa shape index (κ3) is 2.97. The lowest BCUT2D eigenvalue weighted by Gasteiger charge is -2.34. The average Bonchev–Trinajstić information content (AvgIpc) is 3.07. The minimum absolute atomic E-state index is 0.0758. The number of anilines is 1. The van der Waals surface area contributed by atoms with Gasteiger partial charge in [0.2, 0.25) is 6.79 Å². The number of rotatable bonds is 2. The minimum Gasteiger partial charge on any atom is -0.454 e. The number of ether oxygens (including phenoxy) is 2. The van der Waals surface area contributed by atoms with E-state index in [2.05, 4.69) is 0 Å². The van der Waals surface area contributed by atoms with Gasteiger partial charge in [-0.15, -0.1) is 0 Å². The lowest BCUT2D eigenvalue weighted by atomic mass is 9.96. The SMILES string of the molecule is C[C@@H]1CCc2cc(F)ccc2N1C(=O)/C=C/c1ccc2c(c1)OCO2. The van der Waals surface area contributed by atoms with E-state index in [4.69, 9.17) is 9.47 Å². The molecule has 1 atom stereocenters. The first-order valence-corrected chi connectivity index (χ1v) is 8.31. The second-order valence-electron chi connectivity index (χ2n) is 6.32. The van der Waals surface area contributed by atoms with Crippen LogP contribution in [-0.2, 0) is 11.2 Å². The third-order valence-electron chi connectivity index (χ3n) is 4.63. The fourth-order valence-corrected chi connectivity index (χ4v) is 3.32.